The molecule has 0 unspecified atom stereocenters. The summed E-state index contributed by atoms with van der Waals surface area (Å²) in [4.78, 5) is 0. The van der Waals surface area contributed by atoms with Crippen LogP contribution in [-0.4, -0.2) is 19.9 Å². The molecular formula is C15H18ClN3O. The second kappa shape index (κ2) is 5.54. The molecule has 5 heteroatoms. The van der Waals surface area contributed by atoms with Crippen molar-refractivity contribution in [1.29, 1.82) is 0 Å². The Morgan fingerprint density at radius 2 is 1.80 bits per heavy atom. The first kappa shape index (κ1) is 13.6. The zero-order valence-electron chi connectivity index (χ0n) is 11.2. The summed E-state index contributed by atoms with van der Waals surface area (Å²) in [5.41, 5.74) is 0.0335. The van der Waals surface area contributed by atoms with Gasteiger partial charge >= 0.3 is 0 Å². The highest BCUT2D eigenvalue weighted by atomic mass is 35.5. The summed E-state index contributed by atoms with van der Waals surface area (Å²) in [5.74, 6) is 0. The molecule has 1 saturated carbocycles. The second-order valence-electron chi connectivity index (χ2n) is 5.46. The van der Waals surface area contributed by atoms with Crippen LogP contribution in [0.3, 0.4) is 0 Å². The van der Waals surface area contributed by atoms with E-state index in [-0.39, 0.29) is 6.04 Å². The number of nitrogens with zero attached hydrogens (tertiary/aromatic N) is 3. The van der Waals surface area contributed by atoms with E-state index >= 15 is 0 Å². The molecule has 106 valence electrons. The summed E-state index contributed by atoms with van der Waals surface area (Å²) in [6.45, 7) is 0. The van der Waals surface area contributed by atoms with Crippen LogP contribution in [0.15, 0.2) is 36.9 Å². The molecule has 2 atom stereocenters. The van der Waals surface area contributed by atoms with E-state index in [1.165, 1.54) is 0 Å². The molecule has 20 heavy (non-hydrogen) atoms. The SMILES string of the molecule is O[C@@]1(c2ccc(Cl)cc2)CCCCC[C@H]1n1cnnc1. The zero-order chi connectivity index (χ0) is 14.0. The molecule has 0 radical (unpaired) electrons. The van der Waals surface area contributed by atoms with Crippen LogP contribution in [0, 0.1) is 0 Å². The van der Waals surface area contributed by atoms with Crippen molar-refractivity contribution in [2.45, 2.75) is 43.7 Å². The molecule has 1 aromatic heterocycles. The predicted molar refractivity (Wildman–Crippen MR) is 77.5 cm³/mol. The molecule has 1 aliphatic carbocycles. The van der Waals surface area contributed by atoms with Crippen molar-refractivity contribution in [2.75, 3.05) is 0 Å². The van der Waals surface area contributed by atoms with Crippen LogP contribution in [0.5, 0.6) is 0 Å². The van der Waals surface area contributed by atoms with E-state index in [1.54, 1.807) is 12.7 Å². The first-order valence-electron chi connectivity index (χ1n) is 7.03. The van der Waals surface area contributed by atoms with Crippen molar-refractivity contribution in [3.63, 3.8) is 0 Å². The fourth-order valence-electron chi connectivity index (χ4n) is 3.15. The van der Waals surface area contributed by atoms with Crippen LogP contribution >= 0.6 is 11.6 Å². The van der Waals surface area contributed by atoms with Crippen LogP contribution in [0.2, 0.25) is 5.02 Å². The average Bonchev–Trinajstić information content (AvgIpc) is 2.90. The van der Waals surface area contributed by atoms with Crippen LogP contribution in [0.25, 0.3) is 0 Å². The second-order valence-corrected chi connectivity index (χ2v) is 5.89. The maximum absolute atomic E-state index is 11.3. The van der Waals surface area contributed by atoms with Crippen LogP contribution in [-0.2, 0) is 5.60 Å². The number of hydrogen-bond acceptors (Lipinski definition) is 3. The molecular weight excluding hydrogens is 274 g/mol. The Bertz CT molecular complexity index is 555. The Hall–Kier alpha value is -1.39. The summed E-state index contributed by atoms with van der Waals surface area (Å²) in [7, 11) is 0. The largest absolute Gasteiger partial charge is 0.383 e. The third kappa shape index (κ3) is 2.45. The van der Waals surface area contributed by atoms with Gasteiger partial charge in [-0.15, -0.1) is 10.2 Å². The summed E-state index contributed by atoms with van der Waals surface area (Å²) in [6, 6.07) is 7.49. The highest BCUT2D eigenvalue weighted by molar-refractivity contribution is 6.30. The minimum absolute atomic E-state index is 0.0267. The third-order valence-corrected chi connectivity index (χ3v) is 4.48. The topological polar surface area (TPSA) is 50.9 Å². The molecule has 0 aliphatic heterocycles. The smallest absolute Gasteiger partial charge is 0.119 e. The minimum atomic E-state index is -0.885. The van der Waals surface area contributed by atoms with E-state index in [4.69, 9.17) is 11.6 Å². The number of aromatic nitrogens is 3. The van der Waals surface area contributed by atoms with E-state index in [0.29, 0.717) is 5.02 Å². The molecule has 1 N–H and O–H groups in total. The Morgan fingerprint density at radius 1 is 1.10 bits per heavy atom. The molecule has 4 nitrogen and oxygen atoms in total. The molecule has 0 amide bonds. The lowest BCUT2D eigenvalue weighted by Gasteiger charge is -2.36. The Kier molecular flexibility index (Phi) is 3.76. The highest BCUT2D eigenvalue weighted by Gasteiger charge is 2.40. The molecule has 0 saturated heterocycles. The van der Waals surface area contributed by atoms with Crippen molar-refractivity contribution in [2.24, 2.45) is 0 Å². The van der Waals surface area contributed by atoms with Gasteiger partial charge in [0.25, 0.3) is 0 Å². The van der Waals surface area contributed by atoms with Gasteiger partial charge in [-0.05, 0) is 30.5 Å². The summed E-state index contributed by atoms with van der Waals surface area (Å²) in [6.07, 6.45) is 8.34. The lowest BCUT2D eigenvalue weighted by Crippen LogP contribution is -2.35. The number of benzene rings is 1. The predicted octanol–water partition coefficient (Wildman–Crippen LogP) is 3.32. The van der Waals surface area contributed by atoms with Crippen molar-refractivity contribution < 1.29 is 5.11 Å². The Morgan fingerprint density at radius 3 is 2.50 bits per heavy atom. The average molecular weight is 292 g/mol. The first-order valence-corrected chi connectivity index (χ1v) is 7.40. The van der Waals surface area contributed by atoms with Crippen LogP contribution in [0.4, 0.5) is 0 Å². The van der Waals surface area contributed by atoms with Gasteiger partial charge in [0, 0.05) is 5.02 Å². The van der Waals surface area contributed by atoms with Gasteiger partial charge in [0.2, 0.25) is 0 Å². The number of aliphatic hydroxyl groups is 1. The van der Waals surface area contributed by atoms with E-state index < -0.39 is 5.60 Å². The van der Waals surface area contributed by atoms with Gasteiger partial charge in [-0.25, -0.2) is 0 Å². The van der Waals surface area contributed by atoms with Crippen molar-refractivity contribution in [3.05, 3.63) is 47.5 Å². The number of rotatable bonds is 2. The van der Waals surface area contributed by atoms with Crippen LogP contribution in [0.1, 0.15) is 43.7 Å². The van der Waals surface area contributed by atoms with Crippen molar-refractivity contribution >= 4 is 11.6 Å². The van der Waals surface area contributed by atoms with E-state index in [2.05, 4.69) is 10.2 Å². The first-order chi connectivity index (χ1) is 9.70. The van der Waals surface area contributed by atoms with Gasteiger partial charge in [-0.1, -0.05) is 43.0 Å². The molecule has 1 aromatic carbocycles. The molecule has 0 bridgehead atoms. The van der Waals surface area contributed by atoms with Crippen molar-refractivity contribution in [1.82, 2.24) is 14.8 Å². The number of hydrogen-bond donors (Lipinski definition) is 1. The zero-order valence-corrected chi connectivity index (χ0v) is 12.0. The standard InChI is InChI=1S/C15H18ClN3O/c16-13-7-5-12(6-8-13)15(20)9-3-1-2-4-14(15)19-10-17-18-11-19/h5-8,10-11,14,20H,1-4,9H2/t14-,15-/m1/s1. The van der Waals surface area contributed by atoms with Crippen LogP contribution < -0.4 is 0 Å². The molecule has 2 aromatic rings. The van der Waals surface area contributed by atoms with Crippen molar-refractivity contribution in [3.8, 4) is 0 Å². The van der Waals surface area contributed by atoms with E-state index in [1.807, 2.05) is 28.8 Å². The maximum Gasteiger partial charge on any atom is 0.119 e. The fourth-order valence-corrected chi connectivity index (χ4v) is 3.28. The normalized spacial score (nSPS) is 27.2. The maximum atomic E-state index is 11.3. The molecule has 1 aliphatic rings. The fraction of sp³-hybridized carbons (Fsp3) is 0.467. The highest BCUT2D eigenvalue weighted by Crippen LogP contribution is 2.43. The minimum Gasteiger partial charge on any atom is -0.383 e. The molecule has 3 rings (SSSR count). The van der Waals surface area contributed by atoms with Gasteiger partial charge < -0.3 is 9.67 Å². The lowest BCUT2D eigenvalue weighted by molar-refractivity contribution is -0.0244. The van der Waals surface area contributed by atoms with Gasteiger partial charge in [-0.3, -0.25) is 0 Å². The van der Waals surface area contributed by atoms with E-state index in [0.717, 1.165) is 37.7 Å². The number of halogens is 1. The van der Waals surface area contributed by atoms with Gasteiger partial charge in [0.1, 0.15) is 18.3 Å². The van der Waals surface area contributed by atoms with Gasteiger partial charge in [0.05, 0.1) is 6.04 Å². The quantitative estimate of drug-likeness (QED) is 0.864. The van der Waals surface area contributed by atoms with E-state index in [9.17, 15) is 5.11 Å². The third-order valence-electron chi connectivity index (χ3n) is 4.23. The Labute approximate surface area is 123 Å². The molecule has 1 fully saturated rings. The van der Waals surface area contributed by atoms with Gasteiger partial charge in [-0.2, -0.15) is 0 Å². The molecule has 1 heterocycles. The summed E-state index contributed by atoms with van der Waals surface area (Å²) in [5, 5.41) is 19.8. The Balaban J connectivity index is 2.02. The monoisotopic (exact) mass is 291 g/mol. The molecule has 0 spiro atoms. The summed E-state index contributed by atoms with van der Waals surface area (Å²) < 4.78 is 1.93. The summed E-state index contributed by atoms with van der Waals surface area (Å²) >= 11 is 5.96. The van der Waals surface area contributed by atoms with Gasteiger partial charge in [0.15, 0.2) is 0 Å². The lowest BCUT2D eigenvalue weighted by atomic mass is 9.82.